The van der Waals surface area contributed by atoms with Gasteiger partial charge >= 0.3 is 0 Å². The molecule has 2 nitrogen and oxygen atoms in total. The van der Waals surface area contributed by atoms with Gasteiger partial charge in [-0.15, -0.1) is 24.8 Å². The highest BCUT2D eigenvalue weighted by atomic mass is 35.5. The third-order valence-corrected chi connectivity index (χ3v) is 4.27. The van der Waals surface area contributed by atoms with Gasteiger partial charge in [0.2, 0.25) is 0 Å². The SMILES string of the molecule is Cl.Cl.c1ccc(C2CNCC2N2CCCCC2)cc1. The molecule has 0 saturated carbocycles. The maximum atomic E-state index is 3.58. The number of halogens is 2. The molecule has 0 spiro atoms. The maximum absolute atomic E-state index is 3.58. The van der Waals surface area contributed by atoms with E-state index in [9.17, 15) is 0 Å². The van der Waals surface area contributed by atoms with Gasteiger partial charge in [-0.1, -0.05) is 36.8 Å². The zero-order valence-electron chi connectivity index (χ0n) is 11.3. The van der Waals surface area contributed by atoms with Crippen LogP contribution in [-0.2, 0) is 0 Å². The topological polar surface area (TPSA) is 15.3 Å². The molecule has 1 N–H and O–H groups in total. The Morgan fingerprint density at radius 2 is 1.58 bits per heavy atom. The Bertz CT molecular complexity index is 352. The van der Waals surface area contributed by atoms with Crippen LogP contribution in [0.2, 0.25) is 0 Å². The lowest BCUT2D eigenvalue weighted by Gasteiger charge is -2.35. The van der Waals surface area contributed by atoms with Crippen LogP contribution in [0.1, 0.15) is 30.7 Å². The van der Waals surface area contributed by atoms with Crippen molar-refractivity contribution in [2.75, 3.05) is 26.2 Å². The van der Waals surface area contributed by atoms with E-state index in [1.165, 1.54) is 44.5 Å². The van der Waals surface area contributed by atoms with Crippen molar-refractivity contribution in [1.29, 1.82) is 0 Å². The fourth-order valence-electron chi connectivity index (χ4n) is 3.34. The Balaban J connectivity index is 0.000000902. The monoisotopic (exact) mass is 302 g/mol. The number of rotatable bonds is 2. The third kappa shape index (κ3) is 3.85. The lowest BCUT2D eigenvalue weighted by Crippen LogP contribution is -2.43. The van der Waals surface area contributed by atoms with E-state index in [1.54, 1.807) is 0 Å². The van der Waals surface area contributed by atoms with Crippen molar-refractivity contribution in [1.82, 2.24) is 10.2 Å². The molecule has 0 aliphatic carbocycles. The first kappa shape index (κ1) is 16.8. The first-order chi connectivity index (χ1) is 8.45. The van der Waals surface area contributed by atoms with Crippen LogP contribution >= 0.6 is 24.8 Å². The minimum absolute atomic E-state index is 0. The minimum Gasteiger partial charge on any atom is -0.314 e. The quantitative estimate of drug-likeness (QED) is 0.903. The predicted molar refractivity (Wildman–Crippen MR) is 85.8 cm³/mol. The molecule has 0 bridgehead atoms. The summed E-state index contributed by atoms with van der Waals surface area (Å²) >= 11 is 0. The van der Waals surface area contributed by atoms with Gasteiger partial charge in [-0.25, -0.2) is 0 Å². The highest BCUT2D eigenvalue weighted by Crippen LogP contribution is 2.28. The number of hydrogen-bond donors (Lipinski definition) is 1. The van der Waals surface area contributed by atoms with Gasteiger partial charge in [-0.05, 0) is 31.5 Å². The highest BCUT2D eigenvalue weighted by molar-refractivity contribution is 5.85. The molecule has 1 aromatic carbocycles. The molecule has 108 valence electrons. The van der Waals surface area contributed by atoms with Crippen molar-refractivity contribution in [3.05, 3.63) is 35.9 Å². The number of hydrogen-bond acceptors (Lipinski definition) is 2. The molecule has 2 fully saturated rings. The largest absolute Gasteiger partial charge is 0.314 e. The van der Waals surface area contributed by atoms with Crippen LogP contribution in [0.4, 0.5) is 0 Å². The first-order valence-electron chi connectivity index (χ1n) is 6.95. The van der Waals surface area contributed by atoms with Gasteiger partial charge in [0.05, 0.1) is 0 Å². The third-order valence-electron chi connectivity index (χ3n) is 4.27. The molecule has 2 saturated heterocycles. The molecule has 2 unspecified atom stereocenters. The molecule has 4 heteroatoms. The van der Waals surface area contributed by atoms with Crippen LogP contribution in [-0.4, -0.2) is 37.1 Å². The van der Waals surface area contributed by atoms with Crippen molar-refractivity contribution >= 4 is 24.8 Å². The average molecular weight is 303 g/mol. The van der Waals surface area contributed by atoms with Gasteiger partial charge in [0.25, 0.3) is 0 Å². The molecule has 2 aliphatic heterocycles. The second kappa shape index (κ2) is 8.11. The van der Waals surface area contributed by atoms with Gasteiger partial charge < -0.3 is 5.32 Å². The predicted octanol–water partition coefficient (Wildman–Crippen LogP) is 3.07. The van der Waals surface area contributed by atoms with Crippen LogP contribution in [0.25, 0.3) is 0 Å². The Labute approximate surface area is 128 Å². The Morgan fingerprint density at radius 3 is 2.26 bits per heavy atom. The zero-order chi connectivity index (χ0) is 11.5. The minimum atomic E-state index is 0. The van der Waals surface area contributed by atoms with Crippen LogP contribution in [0.15, 0.2) is 30.3 Å². The van der Waals surface area contributed by atoms with E-state index in [-0.39, 0.29) is 24.8 Å². The van der Waals surface area contributed by atoms with Crippen molar-refractivity contribution in [2.45, 2.75) is 31.2 Å². The van der Waals surface area contributed by atoms with E-state index in [0.29, 0.717) is 5.92 Å². The number of piperidine rings is 1. The Hall–Kier alpha value is -0.280. The smallest absolute Gasteiger partial charge is 0.0301 e. The van der Waals surface area contributed by atoms with E-state index >= 15 is 0 Å². The molecule has 3 rings (SSSR count). The van der Waals surface area contributed by atoms with E-state index < -0.39 is 0 Å². The summed E-state index contributed by atoms with van der Waals surface area (Å²) in [4.78, 5) is 2.71. The maximum Gasteiger partial charge on any atom is 0.0301 e. The summed E-state index contributed by atoms with van der Waals surface area (Å²) in [6, 6.07) is 11.7. The fraction of sp³-hybridized carbons (Fsp3) is 0.600. The van der Waals surface area contributed by atoms with Crippen molar-refractivity contribution in [2.24, 2.45) is 0 Å². The number of nitrogens with one attached hydrogen (secondary N) is 1. The molecule has 0 radical (unpaired) electrons. The summed E-state index contributed by atoms with van der Waals surface area (Å²) in [7, 11) is 0. The fourth-order valence-corrected chi connectivity index (χ4v) is 3.34. The lowest BCUT2D eigenvalue weighted by atomic mass is 9.92. The normalized spacial score (nSPS) is 27.4. The molecular weight excluding hydrogens is 279 g/mol. The second-order valence-corrected chi connectivity index (χ2v) is 5.34. The summed E-state index contributed by atoms with van der Waals surface area (Å²) in [5.41, 5.74) is 1.51. The van der Waals surface area contributed by atoms with E-state index in [2.05, 4.69) is 40.5 Å². The molecule has 1 aromatic rings. The van der Waals surface area contributed by atoms with Gasteiger partial charge in [0.15, 0.2) is 0 Å². The van der Waals surface area contributed by atoms with Gasteiger partial charge in [0, 0.05) is 25.0 Å². The molecule has 2 atom stereocenters. The van der Waals surface area contributed by atoms with Crippen LogP contribution < -0.4 is 5.32 Å². The lowest BCUT2D eigenvalue weighted by molar-refractivity contribution is 0.162. The van der Waals surface area contributed by atoms with Gasteiger partial charge in [-0.2, -0.15) is 0 Å². The molecule has 0 aromatic heterocycles. The average Bonchev–Trinajstić information content (AvgIpc) is 2.90. The summed E-state index contributed by atoms with van der Waals surface area (Å²) < 4.78 is 0. The molecule has 2 heterocycles. The van der Waals surface area contributed by atoms with E-state index in [4.69, 9.17) is 0 Å². The number of benzene rings is 1. The van der Waals surface area contributed by atoms with Gasteiger partial charge in [-0.3, -0.25) is 4.90 Å². The van der Waals surface area contributed by atoms with Crippen molar-refractivity contribution in [3.8, 4) is 0 Å². The van der Waals surface area contributed by atoms with Crippen LogP contribution in [0, 0.1) is 0 Å². The Morgan fingerprint density at radius 1 is 0.895 bits per heavy atom. The number of likely N-dealkylation sites (tertiary alicyclic amines) is 1. The molecule has 0 amide bonds. The van der Waals surface area contributed by atoms with Crippen molar-refractivity contribution in [3.63, 3.8) is 0 Å². The molecule has 19 heavy (non-hydrogen) atoms. The van der Waals surface area contributed by atoms with Crippen LogP contribution in [0.3, 0.4) is 0 Å². The summed E-state index contributed by atoms with van der Waals surface area (Å²) in [5, 5.41) is 3.58. The van der Waals surface area contributed by atoms with Crippen molar-refractivity contribution < 1.29 is 0 Å². The first-order valence-corrected chi connectivity index (χ1v) is 6.95. The standard InChI is InChI=1S/C15H22N2.2ClH/c1-3-7-13(8-4-1)14-11-16-12-15(14)17-9-5-2-6-10-17;;/h1,3-4,7-8,14-16H,2,5-6,9-12H2;2*1H. The molecular formula is C15H24Cl2N2. The summed E-state index contributed by atoms with van der Waals surface area (Å²) in [6.07, 6.45) is 4.20. The summed E-state index contributed by atoms with van der Waals surface area (Å²) in [6.45, 7) is 4.91. The van der Waals surface area contributed by atoms with E-state index in [0.717, 1.165) is 12.6 Å². The number of nitrogens with zero attached hydrogens (tertiary/aromatic N) is 1. The summed E-state index contributed by atoms with van der Waals surface area (Å²) in [5.74, 6) is 0.689. The zero-order valence-corrected chi connectivity index (χ0v) is 12.9. The van der Waals surface area contributed by atoms with Crippen LogP contribution in [0.5, 0.6) is 0 Å². The highest BCUT2D eigenvalue weighted by Gasteiger charge is 2.33. The second-order valence-electron chi connectivity index (χ2n) is 5.34. The van der Waals surface area contributed by atoms with Gasteiger partial charge in [0.1, 0.15) is 0 Å². The Kier molecular flexibility index (Phi) is 7.16. The molecule has 2 aliphatic rings. The van der Waals surface area contributed by atoms with E-state index in [1.807, 2.05) is 0 Å².